The van der Waals surface area contributed by atoms with E-state index in [0.29, 0.717) is 6.54 Å². The van der Waals surface area contributed by atoms with Crippen molar-refractivity contribution in [3.8, 4) is 5.75 Å². The zero-order valence-electron chi connectivity index (χ0n) is 11.6. The van der Waals surface area contributed by atoms with Gasteiger partial charge in [-0.2, -0.15) is 0 Å². The van der Waals surface area contributed by atoms with Gasteiger partial charge in [0.05, 0.1) is 17.4 Å². The lowest BCUT2D eigenvalue weighted by Crippen LogP contribution is -2.25. The Labute approximate surface area is 117 Å². The molecule has 0 radical (unpaired) electrons. The average molecular weight is 281 g/mol. The summed E-state index contributed by atoms with van der Waals surface area (Å²) < 4.78 is 5.32. The van der Waals surface area contributed by atoms with E-state index in [-0.39, 0.29) is 18.0 Å². The van der Waals surface area contributed by atoms with E-state index in [2.05, 4.69) is 5.32 Å². The Morgan fingerprint density at radius 2 is 2.25 bits per heavy atom. The molecule has 1 atom stereocenters. The number of benzene rings is 1. The summed E-state index contributed by atoms with van der Waals surface area (Å²) in [5.41, 5.74) is 5.80. The largest absolute Gasteiger partial charge is 0.486 e. The van der Waals surface area contributed by atoms with Crippen molar-refractivity contribution < 1.29 is 14.5 Å². The average Bonchev–Trinajstić information content (AvgIpc) is 2.42. The summed E-state index contributed by atoms with van der Waals surface area (Å²) in [6, 6.07) is 4.76. The molecular formula is C13H19N3O4. The molecule has 0 saturated carbocycles. The molecule has 1 aromatic carbocycles. The lowest BCUT2D eigenvalue weighted by Gasteiger charge is -2.11. The summed E-state index contributed by atoms with van der Waals surface area (Å²) in [6.45, 7) is 4.91. The molecule has 0 aromatic heterocycles. The van der Waals surface area contributed by atoms with Crippen LogP contribution in [-0.4, -0.2) is 24.0 Å². The molecule has 0 bridgehead atoms. The Kier molecular flexibility index (Phi) is 5.92. The molecule has 7 heteroatoms. The van der Waals surface area contributed by atoms with Gasteiger partial charge in [0, 0.05) is 12.6 Å². The fourth-order valence-electron chi connectivity index (χ4n) is 1.50. The number of nitrogens with two attached hydrogens (primary N) is 1. The highest BCUT2D eigenvalue weighted by Gasteiger charge is 2.18. The first-order chi connectivity index (χ1) is 9.45. The number of primary amides is 1. The van der Waals surface area contributed by atoms with Crippen LogP contribution in [0.3, 0.4) is 0 Å². The third-order valence-electron chi connectivity index (χ3n) is 2.77. The number of nitro groups is 1. The number of amides is 1. The maximum Gasteiger partial charge on any atom is 0.311 e. The van der Waals surface area contributed by atoms with Gasteiger partial charge in [-0.3, -0.25) is 14.9 Å². The molecule has 3 N–H and O–H groups in total. The van der Waals surface area contributed by atoms with Gasteiger partial charge in [-0.25, -0.2) is 0 Å². The van der Waals surface area contributed by atoms with Crippen LogP contribution in [0.2, 0.25) is 0 Å². The summed E-state index contributed by atoms with van der Waals surface area (Å²) in [7, 11) is 0. The van der Waals surface area contributed by atoms with E-state index < -0.39 is 16.7 Å². The van der Waals surface area contributed by atoms with Gasteiger partial charge in [-0.1, -0.05) is 19.9 Å². The second-order valence-corrected chi connectivity index (χ2v) is 4.45. The van der Waals surface area contributed by atoms with Gasteiger partial charge in [0.2, 0.25) is 5.91 Å². The number of rotatable bonds is 8. The normalized spacial score (nSPS) is 11.9. The van der Waals surface area contributed by atoms with Crippen LogP contribution in [0.4, 0.5) is 5.69 Å². The zero-order valence-corrected chi connectivity index (χ0v) is 11.6. The van der Waals surface area contributed by atoms with Gasteiger partial charge in [0.25, 0.3) is 0 Å². The van der Waals surface area contributed by atoms with Crippen LogP contribution in [0.1, 0.15) is 19.4 Å². The Morgan fingerprint density at radius 3 is 2.80 bits per heavy atom. The minimum absolute atomic E-state index is 0.0166. The summed E-state index contributed by atoms with van der Waals surface area (Å²) in [5, 5.41) is 14.1. The fraction of sp³-hybridized carbons (Fsp3) is 0.462. The quantitative estimate of drug-likeness (QED) is 0.550. The highest BCUT2D eigenvalue weighted by atomic mass is 16.6. The molecule has 110 valence electrons. The third-order valence-corrected chi connectivity index (χ3v) is 2.77. The highest BCUT2D eigenvalue weighted by molar-refractivity contribution is 5.76. The van der Waals surface area contributed by atoms with Gasteiger partial charge in [-0.05, 0) is 18.2 Å². The molecule has 0 aliphatic rings. The van der Waals surface area contributed by atoms with Gasteiger partial charge < -0.3 is 15.8 Å². The van der Waals surface area contributed by atoms with E-state index in [1.807, 2.05) is 6.92 Å². The molecule has 0 saturated heterocycles. The number of carbonyl (C=O) groups is 1. The molecule has 0 heterocycles. The van der Waals surface area contributed by atoms with Gasteiger partial charge >= 0.3 is 5.69 Å². The minimum Gasteiger partial charge on any atom is -0.486 e. The second kappa shape index (κ2) is 7.44. The van der Waals surface area contributed by atoms with Crippen LogP contribution in [0.15, 0.2) is 18.2 Å². The summed E-state index contributed by atoms with van der Waals surface area (Å²) >= 11 is 0. The van der Waals surface area contributed by atoms with Crippen molar-refractivity contribution in [1.82, 2.24) is 5.32 Å². The van der Waals surface area contributed by atoms with E-state index in [0.717, 1.165) is 12.1 Å². The maximum absolute atomic E-state index is 11.0. The lowest BCUT2D eigenvalue weighted by molar-refractivity contribution is -0.386. The number of nitrogens with one attached hydrogen (secondary N) is 1. The Morgan fingerprint density at radius 1 is 1.55 bits per heavy atom. The number of nitro benzene ring substituents is 1. The van der Waals surface area contributed by atoms with Crippen LogP contribution >= 0.6 is 0 Å². The van der Waals surface area contributed by atoms with Crippen LogP contribution < -0.4 is 15.8 Å². The monoisotopic (exact) mass is 281 g/mol. The van der Waals surface area contributed by atoms with E-state index >= 15 is 0 Å². The highest BCUT2D eigenvalue weighted by Crippen LogP contribution is 2.28. The molecule has 1 rings (SSSR count). The lowest BCUT2D eigenvalue weighted by atomic mass is 10.1. The van der Waals surface area contributed by atoms with Crippen molar-refractivity contribution in [3.05, 3.63) is 33.9 Å². The molecule has 1 amide bonds. The molecule has 20 heavy (non-hydrogen) atoms. The van der Waals surface area contributed by atoms with Crippen molar-refractivity contribution in [1.29, 1.82) is 0 Å². The van der Waals surface area contributed by atoms with Crippen molar-refractivity contribution >= 4 is 11.6 Å². The van der Waals surface area contributed by atoms with Gasteiger partial charge in [-0.15, -0.1) is 0 Å². The summed E-state index contributed by atoms with van der Waals surface area (Å²) in [5.74, 6) is -0.865. The SMILES string of the molecule is CCNCc1ccc(OCC(C)C(N)=O)c([N+](=O)[O-])c1. The molecule has 0 fully saturated rings. The third kappa shape index (κ3) is 4.51. The van der Waals surface area contributed by atoms with Crippen LogP contribution in [0.5, 0.6) is 5.75 Å². The van der Waals surface area contributed by atoms with Crippen LogP contribution in [-0.2, 0) is 11.3 Å². The first-order valence-electron chi connectivity index (χ1n) is 6.35. The molecule has 1 aromatic rings. The summed E-state index contributed by atoms with van der Waals surface area (Å²) in [6.07, 6.45) is 0. The number of ether oxygens (including phenoxy) is 1. The smallest absolute Gasteiger partial charge is 0.311 e. The number of carbonyl (C=O) groups excluding carboxylic acids is 1. The molecule has 1 unspecified atom stereocenters. The topological polar surface area (TPSA) is 107 Å². The number of hydrogen-bond donors (Lipinski definition) is 2. The fourth-order valence-corrected chi connectivity index (χ4v) is 1.50. The maximum atomic E-state index is 11.0. The van der Waals surface area contributed by atoms with Crippen molar-refractivity contribution in [2.75, 3.05) is 13.2 Å². The van der Waals surface area contributed by atoms with E-state index in [4.69, 9.17) is 10.5 Å². The predicted molar refractivity (Wildman–Crippen MR) is 74.3 cm³/mol. The molecule has 0 aliphatic carbocycles. The van der Waals surface area contributed by atoms with Crippen molar-refractivity contribution in [2.24, 2.45) is 11.7 Å². The zero-order chi connectivity index (χ0) is 15.1. The van der Waals surface area contributed by atoms with Gasteiger partial charge in [0.1, 0.15) is 0 Å². The van der Waals surface area contributed by atoms with Crippen LogP contribution in [0, 0.1) is 16.0 Å². The standard InChI is InChI=1S/C13H19N3O4/c1-3-15-7-10-4-5-12(11(6-10)16(18)19)20-8-9(2)13(14)17/h4-6,9,15H,3,7-8H2,1-2H3,(H2,14,17). The van der Waals surface area contributed by atoms with E-state index in [1.165, 1.54) is 6.07 Å². The first-order valence-corrected chi connectivity index (χ1v) is 6.35. The van der Waals surface area contributed by atoms with Crippen LogP contribution in [0.25, 0.3) is 0 Å². The Hall–Kier alpha value is -2.15. The van der Waals surface area contributed by atoms with E-state index in [1.54, 1.807) is 19.1 Å². The molecule has 0 aliphatic heterocycles. The number of nitrogens with zero attached hydrogens (tertiary/aromatic N) is 1. The van der Waals surface area contributed by atoms with Gasteiger partial charge in [0.15, 0.2) is 5.75 Å². The van der Waals surface area contributed by atoms with Crippen molar-refractivity contribution in [3.63, 3.8) is 0 Å². The minimum atomic E-state index is -0.504. The second-order valence-electron chi connectivity index (χ2n) is 4.45. The molecule has 0 spiro atoms. The summed E-state index contributed by atoms with van der Waals surface area (Å²) in [4.78, 5) is 21.5. The molecular weight excluding hydrogens is 262 g/mol. The first kappa shape index (κ1) is 15.9. The Bertz CT molecular complexity index is 491. The predicted octanol–water partition coefficient (Wildman–Crippen LogP) is 1.20. The Balaban J connectivity index is 2.84. The number of hydrogen-bond acceptors (Lipinski definition) is 5. The molecule has 7 nitrogen and oxygen atoms in total. The van der Waals surface area contributed by atoms with Crippen molar-refractivity contribution in [2.45, 2.75) is 20.4 Å². The van der Waals surface area contributed by atoms with E-state index in [9.17, 15) is 14.9 Å².